The molecule has 1 fully saturated rings. The molecule has 37 heavy (non-hydrogen) atoms. The number of ether oxygens (including phenoxy) is 1. The lowest BCUT2D eigenvalue weighted by Crippen LogP contribution is -2.39. The van der Waals surface area contributed by atoms with Gasteiger partial charge in [-0.05, 0) is 55.7 Å². The Morgan fingerprint density at radius 3 is 2.46 bits per heavy atom. The van der Waals surface area contributed by atoms with Gasteiger partial charge in [-0.25, -0.2) is 9.18 Å². The van der Waals surface area contributed by atoms with Crippen LogP contribution < -0.4 is 25.8 Å². The van der Waals surface area contributed by atoms with Crippen LogP contribution in [-0.2, 0) is 12.6 Å². The zero-order valence-corrected chi connectivity index (χ0v) is 19.8. The van der Waals surface area contributed by atoms with E-state index < -0.39 is 34.8 Å². The van der Waals surface area contributed by atoms with Crippen molar-refractivity contribution in [2.24, 2.45) is 5.73 Å². The number of benzene rings is 2. The number of nitrogens with two attached hydrogens (primary N) is 1. The quantitative estimate of drug-likeness (QED) is 0.526. The van der Waals surface area contributed by atoms with Crippen LogP contribution in [0.5, 0.6) is 5.75 Å². The molecule has 0 saturated carbocycles. The van der Waals surface area contributed by atoms with E-state index in [2.05, 4.69) is 5.10 Å². The molecule has 2 aliphatic heterocycles. The van der Waals surface area contributed by atoms with Crippen molar-refractivity contribution >= 4 is 17.4 Å². The summed E-state index contributed by atoms with van der Waals surface area (Å²) in [5, 5.41) is 4.35. The van der Waals surface area contributed by atoms with Gasteiger partial charge in [-0.2, -0.15) is 23.0 Å². The monoisotopic (exact) mass is 517 g/mol. The molecule has 2 aromatic carbocycles. The van der Waals surface area contributed by atoms with E-state index in [-0.39, 0.29) is 30.1 Å². The van der Waals surface area contributed by atoms with Crippen molar-refractivity contribution in [1.82, 2.24) is 9.78 Å². The number of methoxy groups -OCH3 is 1. The minimum atomic E-state index is -4.79. The Labute approximate surface area is 208 Å². The van der Waals surface area contributed by atoms with E-state index in [1.54, 1.807) is 0 Å². The van der Waals surface area contributed by atoms with Crippen molar-refractivity contribution < 1.29 is 27.1 Å². The predicted octanol–water partition coefficient (Wildman–Crippen LogP) is 4.11. The topological polar surface area (TPSA) is 93.7 Å². The van der Waals surface area contributed by atoms with Gasteiger partial charge in [-0.15, -0.1) is 0 Å². The number of fused-ring (bicyclic) bond motifs is 1. The van der Waals surface area contributed by atoms with E-state index >= 15 is 0 Å². The molecular weight excluding hydrogens is 494 g/mol. The Hall–Kier alpha value is -4.09. The van der Waals surface area contributed by atoms with Gasteiger partial charge in [0, 0.05) is 36.4 Å². The molecule has 12 heteroatoms. The number of rotatable bonds is 4. The Kier molecular flexibility index (Phi) is 6.04. The summed E-state index contributed by atoms with van der Waals surface area (Å²) < 4.78 is 62.2. The molecule has 2 aliphatic rings. The number of carbonyl (C=O) groups excluding carboxylic acids is 1. The molecule has 194 valence electrons. The highest BCUT2D eigenvalue weighted by atomic mass is 19.4. The second kappa shape index (κ2) is 9.09. The van der Waals surface area contributed by atoms with Gasteiger partial charge in [-0.3, -0.25) is 9.69 Å². The molecular formula is C25H23F4N5O3. The van der Waals surface area contributed by atoms with Crippen molar-refractivity contribution in [3.05, 3.63) is 63.7 Å². The number of halogens is 4. The van der Waals surface area contributed by atoms with Crippen molar-refractivity contribution in [1.29, 1.82) is 0 Å². The number of hydrogen-bond donors (Lipinski definition) is 1. The molecule has 3 aromatic rings. The van der Waals surface area contributed by atoms with Gasteiger partial charge < -0.3 is 15.4 Å². The number of aromatic nitrogens is 2. The zero-order valence-electron chi connectivity index (χ0n) is 19.8. The fourth-order valence-electron chi connectivity index (χ4n) is 4.93. The van der Waals surface area contributed by atoms with Crippen LogP contribution in [0.3, 0.4) is 0 Å². The van der Waals surface area contributed by atoms with Gasteiger partial charge in [0.2, 0.25) is 0 Å². The molecule has 0 aliphatic carbocycles. The summed E-state index contributed by atoms with van der Waals surface area (Å²) in [4.78, 5) is 28.7. The zero-order chi connectivity index (χ0) is 26.5. The first-order chi connectivity index (χ1) is 17.6. The van der Waals surface area contributed by atoms with E-state index in [9.17, 15) is 27.2 Å². The van der Waals surface area contributed by atoms with Gasteiger partial charge in [0.25, 0.3) is 5.56 Å². The number of primary amides is 1. The molecule has 0 unspecified atom stereocenters. The van der Waals surface area contributed by atoms with Crippen LogP contribution in [0.4, 0.5) is 33.7 Å². The summed E-state index contributed by atoms with van der Waals surface area (Å²) in [5.41, 5.74) is 4.17. The third-order valence-electron chi connectivity index (χ3n) is 6.70. The summed E-state index contributed by atoms with van der Waals surface area (Å²) in [6.45, 7) is 1.40. The maximum absolute atomic E-state index is 14.1. The maximum Gasteiger partial charge on any atom is 0.418 e. The first kappa shape index (κ1) is 24.6. The molecule has 5 rings (SSSR count). The number of nitrogens with zero attached hydrogens (tertiary/aromatic N) is 4. The van der Waals surface area contributed by atoms with Gasteiger partial charge in [-0.1, -0.05) is 0 Å². The van der Waals surface area contributed by atoms with E-state index in [0.717, 1.165) is 29.9 Å². The number of carbonyl (C=O) groups is 1. The summed E-state index contributed by atoms with van der Waals surface area (Å²) >= 11 is 0. The van der Waals surface area contributed by atoms with Gasteiger partial charge in [0.05, 0.1) is 24.1 Å². The van der Waals surface area contributed by atoms with Crippen molar-refractivity contribution in [2.45, 2.75) is 25.4 Å². The van der Waals surface area contributed by atoms with Crippen molar-refractivity contribution in [3.8, 4) is 22.7 Å². The molecule has 2 N–H and O–H groups in total. The van der Waals surface area contributed by atoms with Crippen LogP contribution in [0.1, 0.15) is 24.0 Å². The standard InChI is InChI=1S/C25H23F4N5O3/c1-37-20-12-14(4-7-18(20)26)21-16-8-11-33(24(30)36)22(16)23(35)34(31-21)19-13-15(32-9-2-3-10-32)5-6-17(19)25(27,28)29/h4-7,12-13H,2-3,8-11H2,1H3,(H2,30,36). The molecule has 1 saturated heterocycles. The normalized spacial score (nSPS) is 15.3. The molecule has 3 heterocycles. The maximum atomic E-state index is 14.1. The molecule has 0 spiro atoms. The lowest BCUT2D eigenvalue weighted by molar-refractivity contribution is -0.137. The number of alkyl halides is 3. The Bertz CT molecular complexity index is 1450. The minimum absolute atomic E-state index is 0.0525. The highest BCUT2D eigenvalue weighted by Gasteiger charge is 2.37. The molecule has 2 amide bonds. The van der Waals surface area contributed by atoms with E-state index in [1.807, 2.05) is 4.90 Å². The van der Waals surface area contributed by atoms with Crippen LogP contribution in [0, 0.1) is 5.82 Å². The van der Waals surface area contributed by atoms with Crippen LogP contribution in [-0.4, -0.2) is 42.6 Å². The van der Waals surface area contributed by atoms with Crippen LogP contribution >= 0.6 is 0 Å². The van der Waals surface area contributed by atoms with E-state index in [0.29, 0.717) is 34.6 Å². The lowest BCUT2D eigenvalue weighted by atomic mass is 10.0. The number of anilines is 2. The third kappa shape index (κ3) is 4.25. The molecule has 0 bridgehead atoms. The van der Waals surface area contributed by atoms with Gasteiger partial charge in [0.15, 0.2) is 11.6 Å². The molecule has 1 aromatic heterocycles. The fraction of sp³-hybridized carbons (Fsp3) is 0.320. The minimum Gasteiger partial charge on any atom is -0.494 e. The Balaban J connectivity index is 1.81. The number of hydrogen-bond acceptors (Lipinski definition) is 5. The SMILES string of the molecule is COc1cc(-c2nn(-c3cc(N4CCCC4)ccc3C(F)(F)F)c(=O)c3c2CCN3C(N)=O)ccc1F. The van der Waals surface area contributed by atoms with Crippen LogP contribution in [0.25, 0.3) is 16.9 Å². The average molecular weight is 517 g/mol. The second-order valence-electron chi connectivity index (χ2n) is 8.88. The highest BCUT2D eigenvalue weighted by Crippen LogP contribution is 2.38. The Morgan fingerprint density at radius 2 is 1.81 bits per heavy atom. The summed E-state index contributed by atoms with van der Waals surface area (Å²) in [5.74, 6) is -0.754. The summed E-state index contributed by atoms with van der Waals surface area (Å²) in [6, 6.07) is 6.52. The highest BCUT2D eigenvalue weighted by molar-refractivity contribution is 5.94. The van der Waals surface area contributed by atoms with Gasteiger partial charge in [0.1, 0.15) is 5.69 Å². The smallest absolute Gasteiger partial charge is 0.418 e. The largest absolute Gasteiger partial charge is 0.494 e. The first-order valence-corrected chi connectivity index (χ1v) is 11.6. The second-order valence-corrected chi connectivity index (χ2v) is 8.88. The predicted molar refractivity (Wildman–Crippen MR) is 129 cm³/mol. The lowest BCUT2D eigenvalue weighted by Gasteiger charge is -2.22. The first-order valence-electron chi connectivity index (χ1n) is 11.6. The number of urea groups is 1. The van der Waals surface area contributed by atoms with Crippen LogP contribution in [0.15, 0.2) is 41.2 Å². The van der Waals surface area contributed by atoms with Crippen LogP contribution in [0.2, 0.25) is 0 Å². The Morgan fingerprint density at radius 1 is 1.08 bits per heavy atom. The van der Waals surface area contributed by atoms with E-state index in [1.165, 1.54) is 31.4 Å². The molecule has 0 atom stereocenters. The number of amides is 2. The van der Waals surface area contributed by atoms with Gasteiger partial charge >= 0.3 is 12.2 Å². The van der Waals surface area contributed by atoms with Crippen molar-refractivity contribution in [2.75, 3.05) is 36.5 Å². The summed E-state index contributed by atoms with van der Waals surface area (Å²) in [7, 11) is 1.27. The third-order valence-corrected chi connectivity index (χ3v) is 6.70. The summed E-state index contributed by atoms with van der Waals surface area (Å²) in [6.07, 6.45) is -2.80. The van der Waals surface area contributed by atoms with E-state index in [4.69, 9.17) is 10.5 Å². The molecule has 0 radical (unpaired) electrons. The van der Waals surface area contributed by atoms with Crippen molar-refractivity contribution in [3.63, 3.8) is 0 Å². The molecule has 8 nitrogen and oxygen atoms in total. The average Bonchev–Trinajstić information content (AvgIpc) is 3.55. The fourth-order valence-corrected chi connectivity index (χ4v) is 4.93.